The van der Waals surface area contributed by atoms with E-state index in [0.717, 1.165) is 12.1 Å². The Labute approximate surface area is 126 Å². The molecule has 1 aromatic carbocycles. The molecule has 5 nitrogen and oxygen atoms in total. The number of amides is 1. The quantitative estimate of drug-likeness (QED) is 0.452. The molecule has 1 atom stereocenters. The Morgan fingerprint density at radius 3 is 2.76 bits per heavy atom. The Morgan fingerprint density at radius 2 is 2.14 bits per heavy atom. The van der Waals surface area contributed by atoms with E-state index in [1.807, 2.05) is 0 Å². The van der Waals surface area contributed by atoms with E-state index < -0.39 is 11.7 Å². The van der Waals surface area contributed by atoms with E-state index in [2.05, 4.69) is 26.0 Å². The van der Waals surface area contributed by atoms with E-state index in [4.69, 9.17) is 5.53 Å². The van der Waals surface area contributed by atoms with Gasteiger partial charge in [-0.15, -0.1) is 0 Å². The third-order valence-electron chi connectivity index (χ3n) is 3.13. The molecule has 0 bridgehead atoms. The Hall–Kier alpha value is -1.73. The molecule has 1 amide bonds. The standard InChI is InChI=1S/C12H10BrF3N4O/c13-9-2-8(12(14,15)16)3-10(4-9)20-6-7(1-11(20)21)5-18-19-17/h2-4,7H,1,5-6H2. The summed E-state index contributed by atoms with van der Waals surface area (Å²) in [5, 5.41) is 3.40. The Morgan fingerprint density at radius 1 is 1.43 bits per heavy atom. The molecular formula is C12H10BrF3N4O. The summed E-state index contributed by atoms with van der Waals surface area (Å²) < 4.78 is 38.6. The van der Waals surface area contributed by atoms with Gasteiger partial charge < -0.3 is 4.90 Å². The van der Waals surface area contributed by atoms with E-state index in [0.29, 0.717) is 0 Å². The van der Waals surface area contributed by atoms with Crippen molar-refractivity contribution in [2.24, 2.45) is 11.0 Å². The molecule has 0 N–H and O–H groups in total. The number of hydrogen-bond donors (Lipinski definition) is 0. The first-order valence-electron chi connectivity index (χ1n) is 6.00. The van der Waals surface area contributed by atoms with Crippen LogP contribution in [-0.4, -0.2) is 19.0 Å². The van der Waals surface area contributed by atoms with E-state index >= 15 is 0 Å². The second-order valence-electron chi connectivity index (χ2n) is 4.68. The molecular weight excluding hydrogens is 353 g/mol. The van der Waals surface area contributed by atoms with Crippen molar-refractivity contribution in [3.05, 3.63) is 38.7 Å². The minimum absolute atomic E-state index is 0.152. The van der Waals surface area contributed by atoms with Crippen molar-refractivity contribution in [3.63, 3.8) is 0 Å². The minimum atomic E-state index is -4.48. The van der Waals surface area contributed by atoms with E-state index in [9.17, 15) is 18.0 Å². The smallest absolute Gasteiger partial charge is 0.312 e. The van der Waals surface area contributed by atoms with Crippen LogP contribution < -0.4 is 4.90 Å². The van der Waals surface area contributed by atoms with Crippen LogP contribution >= 0.6 is 15.9 Å². The van der Waals surface area contributed by atoms with Gasteiger partial charge in [-0.3, -0.25) is 4.79 Å². The molecule has 2 rings (SSSR count). The molecule has 1 aliphatic rings. The summed E-state index contributed by atoms with van der Waals surface area (Å²) in [6.45, 7) is 0.393. The third-order valence-corrected chi connectivity index (χ3v) is 3.59. The zero-order chi connectivity index (χ0) is 15.6. The van der Waals surface area contributed by atoms with Gasteiger partial charge in [0.2, 0.25) is 5.91 Å². The lowest BCUT2D eigenvalue weighted by Crippen LogP contribution is -2.25. The van der Waals surface area contributed by atoms with Crippen molar-refractivity contribution in [2.75, 3.05) is 18.0 Å². The van der Waals surface area contributed by atoms with Gasteiger partial charge >= 0.3 is 6.18 Å². The van der Waals surface area contributed by atoms with Gasteiger partial charge in [0, 0.05) is 34.6 Å². The van der Waals surface area contributed by atoms with Gasteiger partial charge in [0.25, 0.3) is 0 Å². The SMILES string of the molecule is [N-]=[N+]=NCC1CC(=O)N(c2cc(Br)cc(C(F)(F)F)c2)C1. The van der Waals surface area contributed by atoms with Gasteiger partial charge in [-0.25, -0.2) is 0 Å². The molecule has 1 aliphatic heterocycles. The number of benzene rings is 1. The fourth-order valence-electron chi connectivity index (χ4n) is 2.20. The molecule has 1 aromatic rings. The number of carbonyl (C=O) groups is 1. The number of anilines is 1. The van der Waals surface area contributed by atoms with Crippen LogP contribution in [0.4, 0.5) is 18.9 Å². The Kier molecular flexibility index (Phi) is 4.43. The van der Waals surface area contributed by atoms with Crippen molar-refractivity contribution >= 4 is 27.5 Å². The van der Waals surface area contributed by atoms with Crippen molar-refractivity contribution < 1.29 is 18.0 Å². The molecule has 112 valence electrons. The highest BCUT2D eigenvalue weighted by Gasteiger charge is 2.34. The maximum Gasteiger partial charge on any atom is 0.416 e. The van der Waals surface area contributed by atoms with Crippen LogP contribution in [0.5, 0.6) is 0 Å². The summed E-state index contributed by atoms with van der Waals surface area (Å²) in [4.78, 5) is 15.8. The van der Waals surface area contributed by atoms with Crippen molar-refractivity contribution in [1.29, 1.82) is 0 Å². The Balaban J connectivity index is 2.28. The third kappa shape index (κ3) is 3.68. The minimum Gasteiger partial charge on any atom is -0.312 e. The fourth-order valence-corrected chi connectivity index (χ4v) is 2.68. The van der Waals surface area contributed by atoms with Gasteiger partial charge in [0.05, 0.1) is 5.56 Å². The maximum atomic E-state index is 12.8. The lowest BCUT2D eigenvalue weighted by Gasteiger charge is -2.19. The summed E-state index contributed by atoms with van der Waals surface area (Å²) in [5.74, 6) is -0.457. The number of alkyl halides is 3. The normalized spacial score (nSPS) is 18.8. The molecule has 1 unspecified atom stereocenters. The Bertz CT molecular complexity index is 613. The average molecular weight is 363 g/mol. The largest absolute Gasteiger partial charge is 0.416 e. The summed E-state index contributed by atoms with van der Waals surface area (Å²) in [7, 11) is 0. The highest BCUT2D eigenvalue weighted by Crippen LogP contribution is 2.36. The summed E-state index contributed by atoms with van der Waals surface area (Å²) in [5.41, 5.74) is 7.63. The predicted molar refractivity (Wildman–Crippen MR) is 73.6 cm³/mol. The first kappa shape index (κ1) is 15.7. The van der Waals surface area contributed by atoms with Crippen molar-refractivity contribution in [2.45, 2.75) is 12.6 Å². The van der Waals surface area contributed by atoms with E-state index in [1.54, 1.807) is 0 Å². The van der Waals surface area contributed by atoms with Crippen LogP contribution in [0.3, 0.4) is 0 Å². The van der Waals surface area contributed by atoms with Gasteiger partial charge in [-0.2, -0.15) is 13.2 Å². The number of rotatable bonds is 3. The highest BCUT2D eigenvalue weighted by molar-refractivity contribution is 9.10. The number of hydrogen-bond acceptors (Lipinski definition) is 2. The molecule has 0 spiro atoms. The number of azide groups is 1. The van der Waals surface area contributed by atoms with Crippen molar-refractivity contribution in [3.8, 4) is 0 Å². The van der Waals surface area contributed by atoms with Gasteiger partial charge in [0.1, 0.15) is 0 Å². The van der Waals surface area contributed by atoms with Crippen LogP contribution in [0.2, 0.25) is 0 Å². The van der Waals surface area contributed by atoms with Crippen LogP contribution in [0.25, 0.3) is 10.4 Å². The zero-order valence-electron chi connectivity index (χ0n) is 10.6. The summed E-state index contributed by atoms with van der Waals surface area (Å²) in [6.07, 6.45) is -4.32. The summed E-state index contributed by atoms with van der Waals surface area (Å²) >= 11 is 3.03. The maximum absolute atomic E-state index is 12.8. The molecule has 1 heterocycles. The van der Waals surface area contributed by atoms with E-state index in [-0.39, 0.29) is 41.5 Å². The van der Waals surface area contributed by atoms with Gasteiger partial charge in [-0.1, -0.05) is 21.0 Å². The second-order valence-corrected chi connectivity index (χ2v) is 5.60. The lowest BCUT2D eigenvalue weighted by molar-refractivity contribution is -0.137. The van der Waals surface area contributed by atoms with Crippen LogP contribution in [0.1, 0.15) is 12.0 Å². The van der Waals surface area contributed by atoms with Gasteiger partial charge in [-0.05, 0) is 29.6 Å². The van der Waals surface area contributed by atoms with E-state index in [1.165, 1.54) is 11.0 Å². The molecule has 0 aromatic heterocycles. The molecule has 1 fully saturated rings. The second kappa shape index (κ2) is 5.95. The summed E-state index contributed by atoms with van der Waals surface area (Å²) in [6, 6.07) is 3.36. The molecule has 1 saturated heterocycles. The predicted octanol–water partition coefficient (Wildman–Crippen LogP) is 4.13. The zero-order valence-corrected chi connectivity index (χ0v) is 12.2. The topological polar surface area (TPSA) is 69.1 Å². The molecule has 9 heteroatoms. The van der Waals surface area contributed by atoms with Crippen LogP contribution in [-0.2, 0) is 11.0 Å². The van der Waals surface area contributed by atoms with Crippen LogP contribution in [0, 0.1) is 5.92 Å². The molecule has 0 saturated carbocycles. The number of carbonyl (C=O) groups excluding carboxylic acids is 1. The lowest BCUT2D eigenvalue weighted by atomic mass is 10.1. The first-order valence-corrected chi connectivity index (χ1v) is 6.79. The molecule has 21 heavy (non-hydrogen) atoms. The van der Waals surface area contributed by atoms with Crippen LogP contribution in [0.15, 0.2) is 27.8 Å². The average Bonchev–Trinajstić information content (AvgIpc) is 2.76. The highest BCUT2D eigenvalue weighted by atomic mass is 79.9. The van der Waals surface area contributed by atoms with Crippen molar-refractivity contribution in [1.82, 2.24) is 0 Å². The fraction of sp³-hybridized carbons (Fsp3) is 0.417. The molecule has 0 radical (unpaired) electrons. The first-order chi connectivity index (χ1) is 9.81. The number of nitrogens with zero attached hydrogens (tertiary/aromatic N) is 4. The van der Waals surface area contributed by atoms with Gasteiger partial charge in [0.15, 0.2) is 0 Å². The molecule has 0 aliphatic carbocycles. The monoisotopic (exact) mass is 362 g/mol. The number of halogens is 4.